The van der Waals surface area contributed by atoms with Gasteiger partial charge in [-0.3, -0.25) is 14.6 Å². The van der Waals surface area contributed by atoms with Crippen molar-refractivity contribution in [1.82, 2.24) is 5.32 Å². The lowest BCUT2D eigenvalue weighted by Crippen LogP contribution is -2.40. The summed E-state index contributed by atoms with van der Waals surface area (Å²) in [7, 11) is 2.98. The van der Waals surface area contributed by atoms with Crippen molar-refractivity contribution in [3.05, 3.63) is 92.7 Å². The third-order valence-electron chi connectivity index (χ3n) is 5.67. The highest BCUT2D eigenvalue weighted by atomic mass is 35.5. The molecule has 0 fully saturated rings. The highest BCUT2D eigenvalue weighted by Gasteiger charge is 2.30. The molecular formula is C27H23Cl2FN2O5. The molecule has 1 amide bonds. The minimum atomic E-state index is -1.29. The second-order valence-electron chi connectivity index (χ2n) is 8.10. The van der Waals surface area contributed by atoms with Crippen LogP contribution in [0.2, 0.25) is 10.0 Å². The van der Waals surface area contributed by atoms with Gasteiger partial charge in [-0.15, -0.1) is 0 Å². The molecule has 0 saturated heterocycles. The molecule has 7 nitrogen and oxygen atoms in total. The quantitative estimate of drug-likeness (QED) is 0.408. The number of Topliss-reactive ketones (excluding diaryl/α,β-unsaturated/α-hetero) is 1. The molecule has 3 aromatic rings. The van der Waals surface area contributed by atoms with Gasteiger partial charge in [0.1, 0.15) is 23.9 Å². The number of amides is 1. The molecule has 1 aliphatic rings. The highest BCUT2D eigenvalue weighted by molar-refractivity contribution is 6.38. The zero-order valence-electron chi connectivity index (χ0n) is 20.0. The molecular weight excluding hydrogens is 522 g/mol. The summed E-state index contributed by atoms with van der Waals surface area (Å²) in [5.74, 6) is -1.23. The van der Waals surface area contributed by atoms with Crippen molar-refractivity contribution in [2.75, 3.05) is 27.4 Å². The minimum Gasteiger partial charge on any atom is -0.496 e. The van der Waals surface area contributed by atoms with Crippen molar-refractivity contribution in [1.29, 1.82) is 0 Å². The molecule has 0 bridgehead atoms. The lowest BCUT2D eigenvalue weighted by atomic mass is 9.95. The lowest BCUT2D eigenvalue weighted by molar-refractivity contribution is -0.120. The van der Waals surface area contributed by atoms with Gasteiger partial charge in [0, 0.05) is 24.1 Å². The number of ether oxygens (including phenoxy) is 3. The van der Waals surface area contributed by atoms with E-state index in [9.17, 15) is 14.0 Å². The summed E-state index contributed by atoms with van der Waals surface area (Å²) < 4.78 is 30.1. The average Bonchev–Trinajstić information content (AvgIpc) is 3.00. The molecule has 1 unspecified atom stereocenters. The summed E-state index contributed by atoms with van der Waals surface area (Å²) in [6, 6.07) is 13.9. The number of aliphatic imine (C=N–C) groups is 1. The molecule has 0 aromatic heterocycles. The smallest absolute Gasteiger partial charge is 0.257 e. The number of carbonyl (C=O) groups is 2. The van der Waals surface area contributed by atoms with E-state index < -0.39 is 17.9 Å². The molecule has 192 valence electrons. The molecule has 0 aliphatic carbocycles. The normalized spacial score (nSPS) is 14.9. The number of hydrogen-bond acceptors (Lipinski definition) is 6. The van der Waals surface area contributed by atoms with E-state index in [0.29, 0.717) is 33.2 Å². The first kappa shape index (κ1) is 26.6. The highest BCUT2D eigenvalue weighted by Crippen LogP contribution is 2.35. The monoisotopic (exact) mass is 544 g/mol. The number of fused-ring (bicyclic) bond motifs is 1. The Hall–Kier alpha value is -3.46. The molecule has 1 atom stereocenters. The third kappa shape index (κ3) is 5.93. The van der Waals surface area contributed by atoms with Gasteiger partial charge in [0.2, 0.25) is 0 Å². The van der Waals surface area contributed by atoms with E-state index in [1.165, 1.54) is 26.4 Å². The van der Waals surface area contributed by atoms with Gasteiger partial charge in [0.15, 0.2) is 11.9 Å². The second-order valence-corrected chi connectivity index (χ2v) is 8.94. The Kier molecular flexibility index (Phi) is 8.43. The van der Waals surface area contributed by atoms with Gasteiger partial charge >= 0.3 is 0 Å². The van der Waals surface area contributed by atoms with E-state index >= 15 is 0 Å². The summed E-state index contributed by atoms with van der Waals surface area (Å²) >= 11 is 12.7. The molecule has 10 heteroatoms. The fraction of sp³-hybridized carbons (Fsp3) is 0.222. The van der Waals surface area contributed by atoms with E-state index in [-0.39, 0.29) is 41.8 Å². The fourth-order valence-electron chi connectivity index (χ4n) is 3.96. The van der Waals surface area contributed by atoms with Gasteiger partial charge in [-0.05, 0) is 35.9 Å². The van der Waals surface area contributed by atoms with E-state index in [1.54, 1.807) is 24.3 Å². The maximum atomic E-state index is 14.0. The zero-order chi connectivity index (χ0) is 26.5. The summed E-state index contributed by atoms with van der Waals surface area (Å²) in [6.07, 6.45) is -1.29. The first-order valence-corrected chi connectivity index (χ1v) is 12.0. The summed E-state index contributed by atoms with van der Waals surface area (Å²) in [4.78, 5) is 31.1. The topological polar surface area (TPSA) is 86.2 Å². The van der Waals surface area contributed by atoms with Crippen LogP contribution >= 0.6 is 23.2 Å². The Morgan fingerprint density at radius 1 is 1.08 bits per heavy atom. The third-order valence-corrected chi connectivity index (χ3v) is 6.19. The first-order valence-electron chi connectivity index (χ1n) is 11.3. The molecule has 0 saturated carbocycles. The predicted molar refractivity (Wildman–Crippen MR) is 139 cm³/mol. The number of methoxy groups -OCH3 is 2. The standard InChI is InChI=1S/C27H23Cl2FN2O5/c1-35-9-10-37-22-8-7-17(30)14-19(22)27(34)32-26-21(33)11-15-5-3-4-6-18(15)25(31-26)24-20(29)12-16(28)13-23(24)36-2/h3-8,12-14,26H,9-11H2,1-2H3,(H,32,34). The molecule has 1 heterocycles. The number of nitrogens with one attached hydrogen (secondary N) is 1. The maximum absolute atomic E-state index is 14.0. The van der Waals surface area contributed by atoms with E-state index in [2.05, 4.69) is 10.3 Å². The molecule has 37 heavy (non-hydrogen) atoms. The molecule has 0 radical (unpaired) electrons. The zero-order valence-corrected chi connectivity index (χ0v) is 21.5. The number of hydrogen-bond donors (Lipinski definition) is 1. The van der Waals surface area contributed by atoms with Crippen LogP contribution < -0.4 is 14.8 Å². The van der Waals surface area contributed by atoms with Crippen LogP contribution in [0.25, 0.3) is 0 Å². The number of rotatable bonds is 8. The van der Waals surface area contributed by atoms with Crippen LogP contribution in [0.1, 0.15) is 27.0 Å². The fourth-order valence-corrected chi connectivity index (χ4v) is 4.52. The largest absolute Gasteiger partial charge is 0.496 e. The predicted octanol–water partition coefficient (Wildman–Crippen LogP) is 4.89. The Labute approximate surface area is 223 Å². The minimum absolute atomic E-state index is 0.00198. The van der Waals surface area contributed by atoms with Crippen LogP contribution in [0.4, 0.5) is 4.39 Å². The summed E-state index contributed by atoms with van der Waals surface area (Å²) in [5, 5.41) is 3.24. The SMILES string of the molecule is COCCOc1ccc(F)cc1C(=O)NC1N=C(c2c(Cl)cc(Cl)cc2OC)c2ccccc2CC1=O. The Bertz CT molecular complexity index is 1380. The number of benzene rings is 3. The van der Waals surface area contributed by atoms with Crippen molar-refractivity contribution in [2.24, 2.45) is 4.99 Å². The van der Waals surface area contributed by atoms with Gasteiger partial charge in [0.05, 0.1) is 35.6 Å². The number of halogens is 3. The van der Waals surface area contributed by atoms with Crippen LogP contribution in [0, 0.1) is 5.82 Å². The van der Waals surface area contributed by atoms with Gasteiger partial charge < -0.3 is 19.5 Å². The van der Waals surface area contributed by atoms with Crippen LogP contribution in [-0.2, 0) is 16.0 Å². The number of nitrogens with zero attached hydrogens (tertiary/aromatic N) is 1. The van der Waals surface area contributed by atoms with Crippen molar-refractivity contribution in [2.45, 2.75) is 12.6 Å². The summed E-state index contributed by atoms with van der Waals surface area (Å²) in [6.45, 7) is 0.423. The van der Waals surface area contributed by atoms with Gasteiger partial charge in [-0.1, -0.05) is 47.5 Å². The van der Waals surface area contributed by atoms with Crippen LogP contribution in [0.3, 0.4) is 0 Å². The van der Waals surface area contributed by atoms with E-state index in [4.69, 9.17) is 37.4 Å². The van der Waals surface area contributed by atoms with E-state index in [1.807, 2.05) is 12.1 Å². The van der Waals surface area contributed by atoms with Gasteiger partial charge in [0.25, 0.3) is 5.91 Å². The Morgan fingerprint density at radius 3 is 2.62 bits per heavy atom. The molecule has 4 rings (SSSR count). The van der Waals surface area contributed by atoms with Crippen molar-refractivity contribution in [3.63, 3.8) is 0 Å². The van der Waals surface area contributed by atoms with E-state index in [0.717, 1.165) is 6.07 Å². The first-order chi connectivity index (χ1) is 17.8. The lowest BCUT2D eigenvalue weighted by Gasteiger charge is -2.17. The second kappa shape index (κ2) is 11.7. The van der Waals surface area contributed by atoms with Crippen LogP contribution in [0.15, 0.2) is 59.6 Å². The van der Waals surface area contributed by atoms with Gasteiger partial charge in [-0.25, -0.2) is 4.39 Å². The Morgan fingerprint density at radius 2 is 1.86 bits per heavy atom. The number of carbonyl (C=O) groups excluding carboxylic acids is 2. The van der Waals surface area contributed by atoms with Gasteiger partial charge in [-0.2, -0.15) is 0 Å². The molecule has 1 N–H and O–H groups in total. The molecule has 0 spiro atoms. The Balaban J connectivity index is 1.77. The molecule has 1 aliphatic heterocycles. The van der Waals surface area contributed by atoms with Crippen LogP contribution in [-0.4, -0.2) is 51.0 Å². The maximum Gasteiger partial charge on any atom is 0.257 e. The molecule has 3 aromatic carbocycles. The van der Waals surface area contributed by atoms with Crippen molar-refractivity contribution in [3.8, 4) is 11.5 Å². The van der Waals surface area contributed by atoms with Crippen LogP contribution in [0.5, 0.6) is 11.5 Å². The average molecular weight is 545 g/mol. The summed E-state index contributed by atoms with van der Waals surface area (Å²) in [5.41, 5.74) is 2.05. The number of ketones is 1. The van der Waals surface area contributed by atoms with Crippen molar-refractivity contribution < 1.29 is 28.2 Å². The van der Waals surface area contributed by atoms with Crippen molar-refractivity contribution >= 4 is 40.6 Å².